The van der Waals surface area contributed by atoms with Crippen LogP contribution in [0, 0.1) is 0 Å². The number of ether oxygens (including phenoxy) is 1. The average molecular weight is 352 g/mol. The lowest BCUT2D eigenvalue weighted by Gasteiger charge is -2.27. The first kappa shape index (κ1) is 16.2. The number of rotatable bonds is 3. The Bertz CT molecular complexity index is 998. The Morgan fingerprint density at radius 2 is 2.00 bits per heavy atom. The van der Waals surface area contributed by atoms with Gasteiger partial charge < -0.3 is 15.0 Å². The maximum absolute atomic E-state index is 12.7. The van der Waals surface area contributed by atoms with E-state index in [9.17, 15) is 9.59 Å². The highest BCUT2D eigenvalue weighted by molar-refractivity contribution is 6.03. The molecule has 4 heterocycles. The molecule has 0 saturated carbocycles. The van der Waals surface area contributed by atoms with Crippen LogP contribution in [0.5, 0.6) is 0 Å². The lowest BCUT2D eigenvalue weighted by atomic mass is 10.2. The van der Waals surface area contributed by atoms with Gasteiger partial charge in [0.15, 0.2) is 5.65 Å². The molecule has 0 atom stereocenters. The van der Waals surface area contributed by atoms with E-state index in [1.807, 2.05) is 11.0 Å². The lowest BCUT2D eigenvalue weighted by Crippen LogP contribution is -2.37. The number of morpholine rings is 1. The number of carbonyl (C=O) groups excluding carboxylic acids is 1. The molecule has 0 aromatic carbocycles. The molecule has 26 heavy (non-hydrogen) atoms. The van der Waals surface area contributed by atoms with Crippen LogP contribution in [-0.4, -0.2) is 51.8 Å². The van der Waals surface area contributed by atoms with E-state index >= 15 is 0 Å². The predicted molar refractivity (Wildman–Crippen MR) is 94.5 cm³/mol. The molecule has 1 N–H and O–H groups in total. The molecule has 0 aliphatic carbocycles. The first-order valence-corrected chi connectivity index (χ1v) is 8.15. The van der Waals surface area contributed by atoms with Crippen LogP contribution in [-0.2, 0) is 4.74 Å². The quantitative estimate of drug-likeness (QED) is 0.735. The highest BCUT2D eigenvalue weighted by Gasteiger charge is 2.15. The molecule has 0 spiro atoms. The second-order valence-electron chi connectivity index (χ2n) is 5.73. The van der Waals surface area contributed by atoms with Crippen LogP contribution in [0.4, 0.5) is 11.5 Å². The standard InChI is InChI=1S/C17H16N6O3/c24-16(12-2-1-5-18-10-12)20-13-11-19-14-3-4-15(21-23(14)17(13)25)22-6-8-26-9-7-22/h1-5,10-11H,6-9H2,(H,20,24). The molecule has 9 nitrogen and oxygen atoms in total. The Morgan fingerprint density at radius 3 is 2.77 bits per heavy atom. The second kappa shape index (κ2) is 6.89. The number of nitrogens with zero attached hydrogens (tertiary/aromatic N) is 5. The normalized spacial score (nSPS) is 14.4. The zero-order chi connectivity index (χ0) is 17.9. The van der Waals surface area contributed by atoms with Crippen LogP contribution < -0.4 is 15.8 Å². The first-order chi connectivity index (χ1) is 12.7. The van der Waals surface area contributed by atoms with E-state index < -0.39 is 11.5 Å². The molecule has 3 aromatic heterocycles. The Balaban J connectivity index is 1.67. The van der Waals surface area contributed by atoms with E-state index in [0.29, 0.717) is 43.3 Å². The van der Waals surface area contributed by atoms with Crippen LogP contribution in [0.2, 0.25) is 0 Å². The smallest absolute Gasteiger partial charge is 0.298 e. The molecule has 3 aromatic rings. The fraction of sp³-hybridized carbons (Fsp3) is 0.235. The van der Waals surface area contributed by atoms with Crippen molar-refractivity contribution in [3.8, 4) is 0 Å². The number of hydrogen-bond donors (Lipinski definition) is 1. The Morgan fingerprint density at radius 1 is 1.15 bits per heavy atom. The highest BCUT2D eigenvalue weighted by atomic mass is 16.5. The van der Waals surface area contributed by atoms with E-state index in [1.54, 1.807) is 24.4 Å². The molecule has 0 radical (unpaired) electrons. The third kappa shape index (κ3) is 3.11. The van der Waals surface area contributed by atoms with E-state index in [-0.39, 0.29) is 5.69 Å². The Hall–Kier alpha value is -3.33. The predicted octanol–water partition coefficient (Wildman–Crippen LogP) is 0.573. The van der Waals surface area contributed by atoms with Crippen molar-refractivity contribution in [2.45, 2.75) is 0 Å². The second-order valence-corrected chi connectivity index (χ2v) is 5.73. The first-order valence-electron chi connectivity index (χ1n) is 8.15. The molecule has 4 rings (SSSR count). The number of pyridine rings is 1. The van der Waals surface area contributed by atoms with Gasteiger partial charge in [-0.05, 0) is 24.3 Å². The van der Waals surface area contributed by atoms with Gasteiger partial charge in [0.25, 0.3) is 11.5 Å². The summed E-state index contributed by atoms with van der Waals surface area (Å²) in [5.41, 5.74) is 0.378. The van der Waals surface area contributed by atoms with Crippen molar-refractivity contribution in [1.82, 2.24) is 19.6 Å². The van der Waals surface area contributed by atoms with Gasteiger partial charge >= 0.3 is 0 Å². The molecule has 9 heteroatoms. The van der Waals surface area contributed by atoms with Gasteiger partial charge in [-0.1, -0.05) is 0 Å². The lowest BCUT2D eigenvalue weighted by molar-refractivity contribution is 0.102. The minimum atomic E-state index is -0.442. The van der Waals surface area contributed by atoms with Gasteiger partial charge in [0.1, 0.15) is 11.5 Å². The number of hydrogen-bond acceptors (Lipinski definition) is 7. The van der Waals surface area contributed by atoms with Crippen molar-refractivity contribution in [3.63, 3.8) is 0 Å². The van der Waals surface area contributed by atoms with Crippen molar-refractivity contribution >= 4 is 23.1 Å². The van der Waals surface area contributed by atoms with Crippen molar-refractivity contribution in [2.75, 3.05) is 36.5 Å². The zero-order valence-electron chi connectivity index (χ0n) is 13.8. The molecule has 0 unspecified atom stereocenters. The van der Waals surface area contributed by atoms with Gasteiger partial charge in [0.2, 0.25) is 0 Å². The summed E-state index contributed by atoms with van der Waals surface area (Å²) in [6.07, 6.45) is 4.33. The SMILES string of the molecule is O=C(Nc1cnc2ccc(N3CCOCC3)nn2c1=O)c1cccnc1. The molecule has 1 amide bonds. The molecular formula is C17H16N6O3. The maximum atomic E-state index is 12.7. The molecule has 1 saturated heterocycles. The van der Waals surface area contributed by atoms with Crippen molar-refractivity contribution < 1.29 is 9.53 Å². The molecule has 1 fully saturated rings. The van der Waals surface area contributed by atoms with Crippen LogP contribution in [0.1, 0.15) is 10.4 Å². The topological polar surface area (TPSA) is 102 Å². The van der Waals surface area contributed by atoms with Crippen molar-refractivity contribution in [2.24, 2.45) is 0 Å². The van der Waals surface area contributed by atoms with Crippen LogP contribution >= 0.6 is 0 Å². The maximum Gasteiger partial charge on any atom is 0.298 e. The molecule has 1 aliphatic heterocycles. The number of nitrogens with one attached hydrogen (secondary N) is 1. The van der Waals surface area contributed by atoms with Crippen LogP contribution in [0.25, 0.3) is 5.65 Å². The van der Waals surface area contributed by atoms with Gasteiger partial charge in [-0.15, -0.1) is 5.10 Å². The summed E-state index contributed by atoms with van der Waals surface area (Å²) in [5, 5.41) is 6.96. The van der Waals surface area contributed by atoms with Gasteiger partial charge in [0, 0.05) is 25.5 Å². The summed E-state index contributed by atoms with van der Waals surface area (Å²) in [6.45, 7) is 2.65. The number of carbonyl (C=O) groups is 1. The minimum absolute atomic E-state index is 0.0583. The Labute approximate surface area is 148 Å². The third-order valence-electron chi connectivity index (χ3n) is 4.06. The van der Waals surface area contributed by atoms with Gasteiger partial charge in [-0.2, -0.15) is 4.52 Å². The number of aromatic nitrogens is 4. The van der Waals surface area contributed by atoms with E-state index in [2.05, 4.69) is 20.4 Å². The largest absolute Gasteiger partial charge is 0.378 e. The summed E-state index contributed by atoms with van der Waals surface area (Å²) >= 11 is 0. The summed E-state index contributed by atoms with van der Waals surface area (Å²) in [5.74, 6) is 0.238. The minimum Gasteiger partial charge on any atom is -0.378 e. The third-order valence-corrected chi connectivity index (χ3v) is 4.06. The highest BCUT2D eigenvalue weighted by Crippen LogP contribution is 2.13. The summed E-state index contributed by atoms with van der Waals surface area (Å²) in [4.78, 5) is 35.1. The van der Waals surface area contributed by atoms with Crippen molar-refractivity contribution in [3.05, 3.63) is 58.8 Å². The van der Waals surface area contributed by atoms with E-state index in [4.69, 9.17) is 4.74 Å². The monoisotopic (exact) mass is 352 g/mol. The fourth-order valence-electron chi connectivity index (χ4n) is 2.69. The number of anilines is 2. The van der Waals surface area contributed by atoms with Crippen LogP contribution in [0.3, 0.4) is 0 Å². The molecule has 1 aliphatic rings. The average Bonchev–Trinajstić information content (AvgIpc) is 2.71. The van der Waals surface area contributed by atoms with Crippen LogP contribution in [0.15, 0.2) is 47.7 Å². The van der Waals surface area contributed by atoms with E-state index in [1.165, 1.54) is 16.9 Å². The summed E-state index contributed by atoms with van der Waals surface area (Å²) < 4.78 is 6.53. The Kier molecular flexibility index (Phi) is 4.28. The number of amides is 1. The van der Waals surface area contributed by atoms with E-state index in [0.717, 1.165) is 0 Å². The van der Waals surface area contributed by atoms with Crippen molar-refractivity contribution in [1.29, 1.82) is 0 Å². The summed E-state index contributed by atoms with van der Waals surface area (Å²) in [7, 11) is 0. The fourth-order valence-corrected chi connectivity index (χ4v) is 2.69. The summed E-state index contributed by atoms with van der Waals surface area (Å²) in [6, 6.07) is 6.81. The molecule has 0 bridgehead atoms. The van der Waals surface area contributed by atoms with Gasteiger partial charge in [-0.3, -0.25) is 14.6 Å². The molecular weight excluding hydrogens is 336 g/mol. The van der Waals surface area contributed by atoms with Gasteiger partial charge in [0.05, 0.1) is 25.0 Å². The number of fused-ring (bicyclic) bond motifs is 1. The van der Waals surface area contributed by atoms with Gasteiger partial charge in [-0.25, -0.2) is 4.98 Å². The zero-order valence-corrected chi connectivity index (χ0v) is 13.8. The molecule has 132 valence electrons.